The molecule has 0 bridgehead atoms. The van der Waals surface area contributed by atoms with Crippen LogP contribution in [0.1, 0.15) is 40.8 Å². The first kappa shape index (κ1) is 14.8. The first-order valence-corrected chi connectivity index (χ1v) is 8.22. The van der Waals surface area contributed by atoms with Crippen molar-refractivity contribution in [3.05, 3.63) is 70.8 Å². The van der Waals surface area contributed by atoms with Crippen molar-refractivity contribution in [2.45, 2.75) is 32.4 Å². The van der Waals surface area contributed by atoms with Crippen molar-refractivity contribution in [2.24, 2.45) is 0 Å². The Hall–Kier alpha value is -2.82. The lowest BCUT2D eigenvalue weighted by Gasteiger charge is -2.31. The number of hydrogen-bond donors (Lipinski definition) is 2. The number of nitrogen functional groups attached to an aromatic ring is 1. The lowest BCUT2D eigenvalue weighted by atomic mass is 9.92. The average molecular weight is 319 g/mol. The van der Waals surface area contributed by atoms with E-state index in [1.165, 1.54) is 22.3 Å². The summed E-state index contributed by atoms with van der Waals surface area (Å²) in [5, 5.41) is 7.87. The minimum absolute atomic E-state index is 0.123. The Morgan fingerprint density at radius 1 is 0.958 bits per heavy atom. The number of aryl methyl sites for hydroxylation is 2. The Morgan fingerprint density at radius 3 is 2.17 bits per heavy atom. The van der Waals surface area contributed by atoms with Crippen molar-refractivity contribution in [1.82, 2.24) is 14.8 Å². The molecule has 4 rings (SSSR count). The zero-order valence-corrected chi connectivity index (χ0v) is 13.9. The normalized spacial score (nSPS) is 19.6. The second-order valence-corrected chi connectivity index (χ2v) is 6.51. The lowest BCUT2D eigenvalue weighted by Crippen LogP contribution is -2.28. The quantitative estimate of drug-likeness (QED) is 0.757. The first-order chi connectivity index (χ1) is 11.6. The Bertz CT molecular complexity index is 848. The van der Waals surface area contributed by atoms with Crippen LogP contribution in [0.3, 0.4) is 0 Å². The molecule has 0 amide bonds. The maximum absolute atomic E-state index is 5.84. The molecule has 0 spiro atoms. The largest absolute Gasteiger partial charge is 0.366 e. The summed E-state index contributed by atoms with van der Waals surface area (Å²) in [6.45, 7) is 4.20. The summed E-state index contributed by atoms with van der Waals surface area (Å²) >= 11 is 0. The van der Waals surface area contributed by atoms with Crippen LogP contribution in [-0.4, -0.2) is 14.8 Å². The number of nitrogens with two attached hydrogens (primary N) is 1. The fourth-order valence-corrected chi connectivity index (χ4v) is 3.28. The van der Waals surface area contributed by atoms with E-state index in [0.29, 0.717) is 5.95 Å². The van der Waals surface area contributed by atoms with E-state index in [1.54, 1.807) is 0 Å². The molecule has 2 heterocycles. The van der Waals surface area contributed by atoms with Gasteiger partial charge in [-0.1, -0.05) is 59.7 Å². The van der Waals surface area contributed by atoms with Crippen LogP contribution in [0.4, 0.5) is 11.9 Å². The second kappa shape index (κ2) is 5.67. The fraction of sp³-hybridized carbons (Fsp3) is 0.263. The van der Waals surface area contributed by atoms with Crippen molar-refractivity contribution >= 4 is 11.9 Å². The Morgan fingerprint density at radius 2 is 1.54 bits per heavy atom. The van der Waals surface area contributed by atoms with Crippen LogP contribution in [-0.2, 0) is 0 Å². The predicted octanol–water partition coefficient (Wildman–Crippen LogP) is 3.62. The molecule has 24 heavy (non-hydrogen) atoms. The number of aromatic nitrogens is 3. The minimum Gasteiger partial charge on any atom is -0.366 e. The second-order valence-electron chi connectivity index (χ2n) is 6.51. The van der Waals surface area contributed by atoms with E-state index >= 15 is 0 Å². The molecular formula is C19H21N5. The van der Waals surface area contributed by atoms with Crippen LogP contribution in [0.25, 0.3) is 0 Å². The molecule has 0 saturated heterocycles. The van der Waals surface area contributed by atoms with E-state index in [1.807, 2.05) is 4.68 Å². The van der Waals surface area contributed by atoms with Gasteiger partial charge in [0.15, 0.2) is 0 Å². The number of nitrogens with zero attached hydrogens (tertiary/aromatic N) is 3. The van der Waals surface area contributed by atoms with Crippen LogP contribution in [0.15, 0.2) is 48.5 Å². The number of benzene rings is 2. The number of hydrogen-bond acceptors (Lipinski definition) is 4. The highest BCUT2D eigenvalue weighted by Crippen LogP contribution is 2.38. The molecule has 5 nitrogen and oxygen atoms in total. The smallest absolute Gasteiger partial charge is 0.241 e. The van der Waals surface area contributed by atoms with E-state index in [9.17, 15) is 0 Å². The van der Waals surface area contributed by atoms with Gasteiger partial charge in [-0.25, -0.2) is 4.68 Å². The van der Waals surface area contributed by atoms with Gasteiger partial charge >= 0.3 is 0 Å². The van der Waals surface area contributed by atoms with Gasteiger partial charge in [-0.3, -0.25) is 0 Å². The molecule has 0 aliphatic carbocycles. The monoisotopic (exact) mass is 319 g/mol. The summed E-state index contributed by atoms with van der Waals surface area (Å²) < 4.78 is 1.91. The summed E-state index contributed by atoms with van der Waals surface area (Å²) in [6, 6.07) is 17.6. The molecule has 2 atom stereocenters. The van der Waals surface area contributed by atoms with Crippen molar-refractivity contribution in [3.63, 3.8) is 0 Å². The third-order valence-corrected chi connectivity index (χ3v) is 4.65. The van der Waals surface area contributed by atoms with Crippen LogP contribution in [0, 0.1) is 13.8 Å². The third kappa shape index (κ3) is 2.62. The van der Waals surface area contributed by atoms with E-state index < -0.39 is 0 Å². The molecular weight excluding hydrogens is 298 g/mol. The molecule has 5 heteroatoms. The Balaban J connectivity index is 1.74. The highest BCUT2D eigenvalue weighted by atomic mass is 15.4. The van der Waals surface area contributed by atoms with Crippen molar-refractivity contribution in [1.29, 1.82) is 0 Å². The summed E-state index contributed by atoms with van der Waals surface area (Å²) in [4.78, 5) is 4.36. The van der Waals surface area contributed by atoms with Gasteiger partial charge in [-0.15, -0.1) is 5.10 Å². The number of fused-ring (bicyclic) bond motifs is 1. The lowest BCUT2D eigenvalue weighted by molar-refractivity contribution is 0.431. The summed E-state index contributed by atoms with van der Waals surface area (Å²) in [5.74, 6) is 1.04. The molecule has 2 aromatic carbocycles. The zero-order valence-electron chi connectivity index (χ0n) is 13.9. The van der Waals surface area contributed by atoms with Gasteiger partial charge < -0.3 is 11.1 Å². The minimum atomic E-state index is 0.123. The Labute approximate surface area is 141 Å². The van der Waals surface area contributed by atoms with Crippen LogP contribution >= 0.6 is 0 Å². The highest BCUT2D eigenvalue weighted by molar-refractivity contribution is 5.42. The molecule has 1 aliphatic rings. The molecule has 0 fully saturated rings. The molecule has 0 saturated carbocycles. The van der Waals surface area contributed by atoms with Crippen molar-refractivity contribution in [2.75, 3.05) is 11.1 Å². The fourth-order valence-electron chi connectivity index (χ4n) is 3.28. The molecule has 0 radical (unpaired) electrons. The van der Waals surface area contributed by atoms with Crippen molar-refractivity contribution in [3.8, 4) is 0 Å². The van der Waals surface area contributed by atoms with Crippen molar-refractivity contribution < 1.29 is 0 Å². The first-order valence-electron chi connectivity index (χ1n) is 8.22. The predicted molar refractivity (Wildman–Crippen MR) is 95.9 cm³/mol. The van der Waals surface area contributed by atoms with Crippen LogP contribution in [0.5, 0.6) is 0 Å². The zero-order chi connectivity index (χ0) is 16.7. The van der Waals surface area contributed by atoms with Gasteiger partial charge in [0.05, 0.1) is 12.1 Å². The van der Waals surface area contributed by atoms with Gasteiger partial charge in [0.1, 0.15) is 0 Å². The van der Waals surface area contributed by atoms with Crippen LogP contribution in [0.2, 0.25) is 0 Å². The SMILES string of the molecule is Cc1ccc([C@@H]2C[C@@H](c3ccc(C)cc3)n3nc(N)nc3N2)cc1. The third-order valence-electron chi connectivity index (χ3n) is 4.65. The standard InChI is InChI=1S/C19H21N5/c1-12-3-7-14(8-4-12)16-11-17(15-9-5-13(2)6-10-15)24-19(21-16)22-18(20)23-24/h3-10,16-17H,11H2,1-2H3,(H3,20,21,22,23)/t16-,17-/m0/s1. The van der Waals surface area contributed by atoms with E-state index in [4.69, 9.17) is 5.73 Å². The van der Waals surface area contributed by atoms with Gasteiger partial charge in [0, 0.05) is 0 Å². The van der Waals surface area contributed by atoms with E-state index in [2.05, 4.69) is 77.8 Å². The average Bonchev–Trinajstić information content (AvgIpc) is 2.95. The molecule has 1 aliphatic heterocycles. The highest BCUT2D eigenvalue weighted by Gasteiger charge is 2.30. The number of nitrogens with one attached hydrogen (secondary N) is 1. The van der Waals surface area contributed by atoms with Gasteiger partial charge in [0.25, 0.3) is 0 Å². The van der Waals surface area contributed by atoms with Gasteiger partial charge in [0.2, 0.25) is 11.9 Å². The van der Waals surface area contributed by atoms with E-state index in [0.717, 1.165) is 12.4 Å². The molecule has 3 aromatic rings. The van der Waals surface area contributed by atoms with Gasteiger partial charge in [-0.05, 0) is 31.4 Å². The summed E-state index contributed by atoms with van der Waals surface area (Å²) in [7, 11) is 0. The molecule has 0 unspecified atom stereocenters. The maximum atomic E-state index is 5.84. The molecule has 3 N–H and O–H groups in total. The van der Waals surface area contributed by atoms with E-state index in [-0.39, 0.29) is 12.1 Å². The van der Waals surface area contributed by atoms with Crippen LogP contribution < -0.4 is 11.1 Å². The van der Waals surface area contributed by atoms with Gasteiger partial charge in [-0.2, -0.15) is 4.98 Å². The topological polar surface area (TPSA) is 68.8 Å². The number of anilines is 2. The summed E-state index contributed by atoms with van der Waals surface area (Å²) in [6.07, 6.45) is 0.905. The maximum Gasteiger partial charge on any atom is 0.241 e. The molecule has 1 aromatic heterocycles. The Kier molecular flexibility index (Phi) is 3.49. The molecule has 122 valence electrons. The summed E-state index contributed by atoms with van der Waals surface area (Å²) in [5.41, 5.74) is 10.8. The number of rotatable bonds is 2.